The van der Waals surface area contributed by atoms with Crippen molar-refractivity contribution in [3.05, 3.63) is 72.8 Å². The Kier molecular flexibility index (Phi) is 5.33. The zero-order valence-corrected chi connectivity index (χ0v) is 14.1. The number of rotatable bonds is 5. The van der Waals surface area contributed by atoms with E-state index in [0.717, 1.165) is 17.7 Å². The monoisotopic (exact) mass is 363 g/mol. The first-order chi connectivity index (χ1) is 11.7. The van der Waals surface area contributed by atoms with Gasteiger partial charge in [0.25, 0.3) is 17.3 Å². The topological polar surface area (TPSA) is 115 Å². The van der Waals surface area contributed by atoms with Crippen molar-refractivity contribution < 1.29 is 14.6 Å². The van der Waals surface area contributed by atoms with E-state index in [1.807, 2.05) is 26.0 Å². The molecule has 0 bridgehead atoms. The predicted octanol–water partition coefficient (Wildman–Crippen LogP) is 4.53. The van der Waals surface area contributed by atoms with Gasteiger partial charge in [-0.05, 0) is 23.6 Å². The van der Waals surface area contributed by atoms with Gasteiger partial charge in [0.1, 0.15) is 0 Å². The molecule has 130 valence electrons. The Morgan fingerprint density at radius 3 is 1.92 bits per heavy atom. The highest BCUT2D eigenvalue weighted by Crippen LogP contribution is 2.35. The van der Waals surface area contributed by atoms with E-state index in [2.05, 4.69) is 5.32 Å². The van der Waals surface area contributed by atoms with Gasteiger partial charge in [0, 0.05) is 17.8 Å². The summed E-state index contributed by atoms with van der Waals surface area (Å²) in [5, 5.41) is 23.9. The SMILES string of the molecule is CC(C)c1ccc(NC(=O)c2cc([N+](=O)[O-])c(Cl)c([N+](=O)[O-])c2)cc1. The van der Waals surface area contributed by atoms with Gasteiger partial charge in [-0.3, -0.25) is 25.0 Å². The van der Waals surface area contributed by atoms with E-state index in [1.165, 1.54) is 0 Å². The second kappa shape index (κ2) is 7.27. The van der Waals surface area contributed by atoms with Gasteiger partial charge in [0.2, 0.25) is 0 Å². The molecule has 0 aromatic heterocycles. The number of nitrogens with zero attached hydrogens (tertiary/aromatic N) is 2. The molecule has 0 saturated carbocycles. The van der Waals surface area contributed by atoms with Crippen LogP contribution >= 0.6 is 11.6 Å². The summed E-state index contributed by atoms with van der Waals surface area (Å²) in [4.78, 5) is 32.5. The fourth-order valence-electron chi connectivity index (χ4n) is 2.15. The minimum atomic E-state index is -0.871. The van der Waals surface area contributed by atoms with Gasteiger partial charge >= 0.3 is 0 Å². The molecule has 0 heterocycles. The van der Waals surface area contributed by atoms with Gasteiger partial charge in [-0.15, -0.1) is 0 Å². The van der Waals surface area contributed by atoms with Crippen LogP contribution in [0.4, 0.5) is 17.1 Å². The van der Waals surface area contributed by atoms with E-state index in [1.54, 1.807) is 12.1 Å². The number of anilines is 1. The van der Waals surface area contributed by atoms with Gasteiger partial charge in [0.15, 0.2) is 5.02 Å². The van der Waals surface area contributed by atoms with Crippen LogP contribution in [0.1, 0.15) is 35.7 Å². The number of benzene rings is 2. The molecule has 0 unspecified atom stereocenters. The van der Waals surface area contributed by atoms with Crippen LogP contribution in [0.5, 0.6) is 0 Å². The third-order valence-corrected chi connectivity index (χ3v) is 3.91. The number of hydrogen-bond acceptors (Lipinski definition) is 5. The van der Waals surface area contributed by atoms with Crippen LogP contribution in [0.15, 0.2) is 36.4 Å². The molecule has 1 amide bonds. The number of amides is 1. The highest BCUT2D eigenvalue weighted by molar-refractivity contribution is 6.35. The van der Waals surface area contributed by atoms with Crippen molar-refractivity contribution in [2.45, 2.75) is 19.8 Å². The van der Waals surface area contributed by atoms with Gasteiger partial charge in [-0.25, -0.2) is 0 Å². The molecule has 0 aliphatic heterocycles. The minimum Gasteiger partial charge on any atom is -0.322 e. The lowest BCUT2D eigenvalue weighted by Gasteiger charge is -2.09. The van der Waals surface area contributed by atoms with E-state index in [4.69, 9.17) is 11.6 Å². The maximum atomic E-state index is 12.3. The summed E-state index contributed by atoms with van der Waals surface area (Å²) in [6.45, 7) is 4.05. The Hall–Kier alpha value is -3.00. The van der Waals surface area contributed by atoms with Crippen LogP contribution in [0, 0.1) is 20.2 Å². The standard InChI is InChI=1S/C16H14ClN3O5/c1-9(2)10-3-5-12(6-4-10)18-16(21)11-7-13(19(22)23)15(17)14(8-11)20(24)25/h3-9H,1-2H3,(H,18,21). The molecule has 2 rings (SSSR count). The highest BCUT2D eigenvalue weighted by atomic mass is 35.5. The van der Waals surface area contributed by atoms with Crippen LogP contribution in [-0.2, 0) is 0 Å². The maximum Gasteiger partial charge on any atom is 0.295 e. The number of nitro groups is 2. The first-order valence-corrected chi connectivity index (χ1v) is 7.62. The lowest BCUT2D eigenvalue weighted by molar-refractivity contribution is -0.393. The largest absolute Gasteiger partial charge is 0.322 e. The average molecular weight is 364 g/mol. The van der Waals surface area contributed by atoms with Crippen molar-refractivity contribution in [1.82, 2.24) is 0 Å². The fourth-order valence-corrected chi connectivity index (χ4v) is 2.39. The van der Waals surface area contributed by atoms with Gasteiger partial charge < -0.3 is 5.32 Å². The van der Waals surface area contributed by atoms with E-state index >= 15 is 0 Å². The van der Waals surface area contributed by atoms with Gasteiger partial charge in [-0.1, -0.05) is 37.6 Å². The van der Waals surface area contributed by atoms with E-state index in [-0.39, 0.29) is 5.56 Å². The Morgan fingerprint density at radius 1 is 1.04 bits per heavy atom. The highest BCUT2D eigenvalue weighted by Gasteiger charge is 2.27. The number of carbonyl (C=O) groups excluding carboxylic acids is 1. The average Bonchev–Trinajstić information content (AvgIpc) is 2.54. The smallest absolute Gasteiger partial charge is 0.295 e. The molecule has 1 N–H and O–H groups in total. The Labute approximate surface area is 147 Å². The van der Waals surface area contributed by atoms with Crippen LogP contribution in [0.25, 0.3) is 0 Å². The number of halogens is 1. The fraction of sp³-hybridized carbons (Fsp3) is 0.188. The zero-order valence-electron chi connectivity index (χ0n) is 13.4. The Bertz CT molecular complexity index is 814. The molecule has 0 aliphatic rings. The summed E-state index contributed by atoms with van der Waals surface area (Å²) in [5.41, 5.74) is -0.0755. The normalized spacial score (nSPS) is 10.6. The quantitative estimate of drug-likeness (QED) is 0.618. The third kappa shape index (κ3) is 4.10. The Balaban J connectivity index is 2.35. The van der Waals surface area contributed by atoms with Crippen LogP contribution in [0.2, 0.25) is 5.02 Å². The summed E-state index contributed by atoms with van der Waals surface area (Å²) in [6.07, 6.45) is 0. The predicted molar refractivity (Wildman–Crippen MR) is 93.2 cm³/mol. The van der Waals surface area contributed by atoms with Crippen LogP contribution in [0.3, 0.4) is 0 Å². The number of nitrogens with one attached hydrogen (secondary N) is 1. The molecule has 0 fully saturated rings. The molecule has 0 spiro atoms. The molecule has 25 heavy (non-hydrogen) atoms. The zero-order chi connectivity index (χ0) is 18.7. The first-order valence-electron chi connectivity index (χ1n) is 7.24. The second-order valence-electron chi connectivity index (χ2n) is 5.57. The first kappa shape index (κ1) is 18.3. The van der Waals surface area contributed by atoms with Gasteiger partial charge in [0.05, 0.1) is 15.4 Å². The van der Waals surface area contributed by atoms with Crippen molar-refractivity contribution in [3.63, 3.8) is 0 Å². The summed E-state index contributed by atoms with van der Waals surface area (Å²) in [5.74, 6) is -0.383. The summed E-state index contributed by atoms with van der Waals surface area (Å²) in [6, 6.07) is 8.87. The molecule has 0 aliphatic carbocycles. The molecular formula is C16H14ClN3O5. The molecule has 2 aromatic carbocycles. The van der Waals surface area contributed by atoms with Crippen molar-refractivity contribution >= 4 is 34.6 Å². The van der Waals surface area contributed by atoms with Crippen molar-refractivity contribution in [2.24, 2.45) is 0 Å². The number of nitro benzene ring substituents is 2. The molecule has 2 aromatic rings. The maximum absolute atomic E-state index is 12.3. The van der Waals surface area contributed by atoms with Crippen molar-refractivity contribution in [1.29, 1.82) is 0 Å². The molecular weight excluding hydrogens is 350 g/mol. The van der Waals surface area contributed by atoms with Crippen molar-refractivity contribution in [2.75, 3.05) is 5.32 Å². The number of carbonyl (C=O) groups is 1. The van der Waals surface area contributed by atoms with Crippen LogP contribution < -0.4 is 5.32 Å². The molecule has 8 nitrogen and oxygen atoms in total. The molecule has 0 atom stereocenters. The molecule has 9 heteroatoms. The summed E-state index contributed by atoms with van der Waals surface area (Å²) < 4.78 is 0. The lowest BCUT2D eigenvalue weighted by Crippen LogP contribution is -2.13. The van der Waals surface area contributed by atoms with Crippen LogP contribution in [-0.4, -0.2) is 15.8 Å². The summed E-state index contributed by atoms with van der Waals surface area (Å²) >= 11 is 5.67. The van der Waals surface area contributed by atoms with E-state index < -0.39 is 32.2 Å². The second-order valence-corrected chi connectivity index (χ2v) is 5.95. The third-order valence-electron chi connectivity index (χ3n) is 3.53. The van der Waals surface area contributed by atoms with Gasteiger partial charge in [-0.2, -0.15) is 0 Å². The molecule has 0 saturated heterocycles. The summed E-state index contributed by atoms with van der Waals surface area (Å²) in [7, 11) is 0. The minimum absolute atomic E-state index is 0.226. The van der Waals surface area contributed by atoms with E-state index in [9.17, 15) is 25.0 Å². The lowest BCUT2D eigenvalue weighted by atomic mass is 10.0. The van der Waals surface area contributed by atoms with E-state index in [0.29, 0.717) is 11.6 Å². The number of hydrogen-bond donors (Lipinski definition) is 1. The van der Waals surface area contributed by atoms with Crippen molar-refractivity contribution in [3.8, 4) is 0 Å². The molecule has 0 radical (unpaired) electrons. The Morgan fingerprint density at radius 2 is 1.52 bits per heavy atom.